The molecule has 1 saturated heterocycles. The fraction of sp³-hybridized carbons (Fsp3) is 0.636. The maximum Gasteiger partial charge on any atom is 0.147 e. The van der Waals surface area contributed by atoms with Crippen LogP contribution in [0.25, 0.3) is 0 Å². The van der Waals surface area contributed by atoms with E-state index in [0.717, 1.165) is 24.9 Å². The molecule has 80 valence electrons. The summed E-state index contributed by atoms with van der Waals surface area (Å²) in [5, 5.41) is 0. The van der Waals surface area contributed by atoms with Crippen molar-refractivity contribution in [3.8, 4) is 0 Å². The third-order valence-corrected chi connectivity index (χ3v) is 3.25. The summed E-state index contributed by atoms with van der Waals surface area (Å²) in [7, 11) is 0. The molecule has 4 heteroatoms. The van der Waals surface area contributed by atoms with E-state index in [1.165, 1.54) is 25.9 Å². The quantitative estimate of drug-likeness (QED) is 0.712. The fourth-order valence-corrected chi connectivity index (χ4v) is 2.21. The minimum absolute atomic E-state index is 0.897. The zero-order chi connectivity index (χ0) is 10.1. The number of anilines is 1. The van der Waals surface area contributed by atoms with Crippen molar-refractivity contribution in [2.75, 3.05) is 31.1 Å². The maximum atomic E-state index is 4.33. The molecule has 0 radical (unpaired) electrons. The van der Waals surface area contributed by atoms with Crippen LogP contribution in [-0.2, 0) is 0 Å². The normalized spacial score (nSPS) is 23.1. The number of rotatable bonds is 2. The van der Waals surface area contributed by atoms with E-state index in [1.807, 2.05) is 6.20 Å². The molecule has 3 rings (SSSR count). The molecule has 4 nitrogen and oxygen atoms in total. The minimum Gasteiger partial charge on any atom is -0.353 e. The number of piperazine rings is 1. The van der Waals surface area contributed by atoms with E-state index < -0.39 is 0 Å². The molecule has 0 aromatic carbocycles. The first-order valence-corrected chi connectivity index (χ1v) is 5.68. The van der Waals surface area contributed by atoms with Crippen LogP contribution in [0.2, 0.25) is 0 Å². The molecular formula is C11H16N4. The van der Waals surface area contributed by atoms with Gasteiger partial charge in [0.15, 0.2) is 0 Å². The van der Waals surface area contributed by atoms with Gasteiger partial charge in [-0.1, -0.05) is 0 Å². The lowest BCUT2D eigenvalue weighted by Crippen LogP contribution is -2.47. The van der Waals surface area contributed by atoms with Gasteiger partial charge < -0.3 is 4.90 Å². The molecule has 0 spiro atoms. The Bertz CT molecular complexity index is 315. The molecule has 15 heavy (non-hydrogen) atoms. The minimum atomic E-state index is 0.897. The van der Waals surface area contributed by atoms with Crippen LogP contribution >= 0.6 is 0 Å². The van der Waals surface area contributed by atoms with E-state index in [0.29, 0.717) is 0 Å². The van der Waals surface area contributed by atoms with Gasteiger partial charge in [-0.3, -0.25) is 9.88 Å². The van der Waals surface area contributed by atoms with Crippen molar-refractivity contribution in [1.29, 1.82) is 0 Å². The van der Waals surface area contributed by atoms with Crippen molar-refractivity contribution in [3.05, 3.63) is 18.6 Å². The van der Waals surface area contributed by atoms with Gasteiger partial charge in [0.25, 0.3) is 0 Å². The first-order chi connectivity index (χ1) is 7.43. The smallest absolute Gasteiger partial charge is 0.147 e. The summed E-state index contributed by atoms with van der Waals surface area (Å²) in [5.74, 6) is 1.02. The van der Waals surface area contributed by atoms with Crippen LogP contribution in [0.5, 0.6) is 0 Å². The summed E-state index contributed by atoms with van der Waals surface area (Å²) < 4.78 is 0. The Morgan fingerprint density at radius 1 is 1.07 bits per heavy atom. The zero-order valence-electron chi connectivity index (χ0n) is 8.84. The van der Waals surface area contributed by atoms with Gasteiger partial charge in [-0.05, 0) is 12.8 Å². The first-order valence-electron chi connectivity index (χ1n) is 5.68. The van der Waals surface area contributed by atoms with E-state index in [9.17, 15) is 0 Å². The second-order valence-corrected chi connectivity index (χ2v) is 4.32. The largest absolute Gasteiger partial charge is 0.353 e. The van der Waals surface area contributed by atoms with Crippen LogP contribution in [0.15, 0.2) is 18.6 Å². The highest BCUT2D eigenvalue weighted by Crippen LogP contribution is 2.27. The van der Waals surface area contributed by atoms with Crippen LogP contribution in [0.3, 0.4) is 0 Å². The second-order valence-electron chi connectivity index (χ2n) is 4.32. The van der Waals surface area contributed by atoms with Crippen molar-refractivity contribution < 1.29 is 0 Å². The Balaban J connectivity index is 1.61. The summed E-state index contributed by atoms with van der Waals surface area (Å²) in [6.07, 6.45) is 8.16. The third-order valence-electron chi connectivity index (χ3n) is 3.25. The first kappa shape index (κ1) is 9.09. The van der Waals surface area contributed by atoms with Crippen LogP contribution in [0, 0.1) is 0 Å². The molecule has 2 aliphatic rings. The molecule has 1 saturated carbocycles. The van der Waals surface area contributed by atoms with Gasteiger partial charge in [-0.25, -0.2) is 4.98 Å². The zero-order valence-corrected chi connectivity index (χ0v) is 8.84. The third kappa shape index (κ3) is 1.95. The Hall–Kier alpha value is -1.16. The molecule has 1 aliphatic heterocycles. The van der Waals surface area contributed by atoms with E-state index in [1.54, 1.807) is 12.4 Å². The van der Waals surface area contributed by atoms with E-state index in [4.69, 9.17) is 0 Å². The van der Waals surface area contributed by atoms with Gasteiger partial charge >= 0.3 is 0 Å². The summed E-state index contributed by atoms with van der Waals surface area (Å²) >= 11 is 0. The van der Waals surface area contributed by atoms with Gasteiger partial charge in [0.1, 0.15) is 5.82 Å². The number of hydrogen-bond acceptors (Lipinski definition) is 4. The van der Waals surface area contributed by atoms with Crippen molar-refractivity contribution in [3.63, 3.8) is 0 Å². The fourth-order valence-electron chi connectivity index (χ4n) is 2.21. The maximum absolute atomic E-state index is 4.33. The Kier molecular flexibility index (Phi) is 2.29. The summed E-state index contributed by atoms with van der Waals surface area (Å²) in [4.78, 5) is 13.4. The molecule has 2 heterocycles. The lowest BCUT2D eigenvalue weighted by molar-refractivity contribution is 0.247. The summed E-state index contributed by atoms with van der Waals surface area (Å²) in [6.45, 7) is 4.55. The number of nitrogens with zero attached hydrogens (tertiary/aromatic N) is 4. The molecule has 1 aliphatic carbocycles. The van der Waals surface area contributed by atoms with Crippen molar-refractivity contribution >= 4 is 5.82 Å². The Labute approximate surface area is 89.9 Å². The summed E-state index contributed by atoms with van der Waals surface area (Å²) in [6, 6.07) is 0.897. The van der Waals surface area contributed by atoms with Gasteiger partial charge in [-0.2, -0.15) is 0 Å². The SMILES string of the molecule is c1cnc(N2CCN(C3CC3)CC2)cn1. The molecular weight excluding hydrogens is 188 g/mol. The van der Waals surface area contributed by atoms with Gasteiger partial charge in [-0.15, -0.1) is 0 Å². The molecule has 1 aromatic heterocycles. The van der Waals surface area contributed by atoms with Crippen molar-refractivity contribution in [2.24, 2.45) is 0 Å². The number of aromatic nitrogens is 2. The van der Waals surface area contributed by atoms with Crippen molar-refractivity contribution in [1.82, 2.24) is 14.9 Å². The average Bonchev–Trinajstić information content (AvgIpc) is 3.15. The molecule has 0 atom stereocenters. The molecule has 0 bridgehead atoms. The Morgan fingerprint density at radius 2 is 1.87 bits per heavy atom. The van der Waals surface area contributed by atoms with E-state index in [-0.39, 0.29) is 0 Å². The van der Waals surface area contributed by atoms with E-state index in [2.05, 4.69) is 19.8 Å². The second kappa shape index (κ2) is 3.77. The van der Waals surface area contributed by atoms with Crippen LogP contribution < -0.4 is 4.90 Å². The van der Waals surface area contributed by atoms with Crippen LogP contribution in [-0.4, -0.2) is 47.1 Å². The van der Waals surface area contributed by atoms with Gasteiger partial charge in [0.05, 0.1) is 6.20 Å². The van der Waals surface area contributed by atoms with Crippen molar-refractivity contribution in [2.45, 2.75) is 18.9 Å². The average molecular weight is 204 g/mol. The van der Waals surface area contributed by atoms with E-state index >= 15 is 0 Å². The predicted octanol–water partition coefficient (Wildman–Crippen LogP) is 0.761. The Morgan fingerprint density at radius 3 is 2.47 bits per heavy atom. The lowest BCUT2D eigenvalue weighted by Gasteiger charge is -2.35. The predicted molar refractivity (Wildman–Crippen MR) is 58.8 cm³/mol. The van der Waals surface area contributed by atoms with Gasteiger partial charge in [0, 0.05) is 44.6 Å². The van der Waals surface area contributed by atoms with Crippen LogP contribution in [0.1, 0.15) is 12.8 Å². The number of hydrogen-bond donors (Lipinski definition) is 0. The highest BCUT2D eigenvalue weighted by Gasteiger charge is 2.31. The lowest BCUT2D eigenvalue weighted by atomic mass is 10.3. The molecule has 1 aromatic rings. The molecule has 0 N–H and O–H groups in total. The summed E-state index contributed by atoms with van der Waals surface area (Å²) in [5.41, 5.74) is 0. The standard InChI is InChI=1S/C11H16N4/c1-2-10(1)14-5-7-15(8-6-14)11-9-12-3-4-13-11/h3-4,9-10H,1-2,5-8H2. The van der Waals surface area contributed by atoms with Crippen LogP contribution in [0.4, 0.5) is 5.82 Å². The highest BCUT2D eigenvalue weighted by molar-refractivity contribution is 5.35. The topological polar surface area (TPSA) is 32.3 Å². The highest BCUT2D eigenvalue weighted by atomic mass is 15.3. The molecule has 2 fully saturated rings. The molecule has 0 unspecified atom stereocenters. The monoisotopic (exact) mass is 204 g/mol. The molecule has 0 amide bonds. The van der Waals surface area contributed by atoms with Gasteiger partial charge in [0.2, 0.25) is 0 Å².